The number of benzene rings is 2. The van der Waals surface area contributed by atoms with Crippen LogP contribution >= 0.6 is 8.16 Å². The Labute approximate surface area is 224 Å². The van der Waals surface area contributed by atoms with Gasteiger partial charge >= 0.3 is 8.16 Å². The molecule has 5 aromatic rings. The minimum absolute atomic E-state index is 0.952. The van der Waals surface area contributed by atoms with Gasteiger partial charge in [0.05, 0.1) is 0 Å². The summed E-state index contributed by atoms with van der Waals surface area (Å²) in [5, 5.41) is 2.51. The summed E-state index contributed by atoms with van der Waals surface area (Å²) in [6, 6.07) is 13.1. The van der Waals surface area contributed by atoms with Gasteiger partial charge in [-0.25, -0.2) is 4.67 Å². The van der Waals surface area contributed by atoms with Crippen LogP contribution in [0, 0.1) is 0 Å². The van der Waals surface area contributed by atoms with Crippen molar-refractivity contribution in [3.05, 3.63) is 83.4 Å². The zero-order valence-electron chi connectivity index (χ0n) is 22.0. The first-order chi connectivity index (χ1) is 18.7. The first kappa shape index (κ1) is 23.7. The Bertz CT molecular complexity index is 1570. The Balaban J connectivity index is 1.76. The van der Waals surface area contributed by atoms with Gasteiger partial charge in [-0.1, -0.05) is 12.1 Å². The average Bonchev–Trinajstić information content (AvgIpc) is 3.16. The van der Waals surface area contributed by atoms with Crippen molar-refractivity contribution in [1.29, 1.82) is 0 Å². The molecule has 0 saturated carbocycles. The molecule has 3 aromatic heterocycles. The number of nitrogens with zero attached hydrogens (tertiary/aromatic N) is 3. The van der Waals surface area contributed by atoms with Gasteiger partial charge in [0.2, 0.25) is 0 Å². The van der Waals surface area contributed by atoms with Crippen molar-refractivity contribution in [2.45, 2.75) is 51.4 Å². The Morgan fingerprint density at radius 1 is 0.684 bits per heavy atom. The predicted octanol–water partition coefficient (Wildman–Crippen LogP) is 8.37. The maximum atomic E-state index is 6.96. The summed E-state index contributed by atoms with van der Waals surface area (Å²) in [6.45, 7) is 0. The molecule has 0 amide bonds. The van der Waals surface area contributed by atoms with Gasteiger partial charge in [0.1, 0.15) is 0 Å². The van der Waals surface area contributed by atoms with Crippen LogP contribution in [-0.2, 0) is 25.7 Å². The molecule has 0 radical (unpaired) electrons. The lowest BCUT2D eigenvalue weighted by Gasteiger charge is -2.23. The summed E-state index contributed by atoms with van der Waals surface area (Å²) < 4.78 is 16.0. The first-order valence-electron chi connectivity index (χ1n) is 13.7. The molecule has 0 spiro atoms. The number of rotatable bonds is 3. The molecule has 5 nitrogen and oxygen atoms in total. The van der Waals surface area contributed by atoms with Crippen LogP contribution in [-0.4, -0.2) is 24.1 Å². The Morgan fingerprint density at radius 2 is 1.16 bits per heavy atom. The SMILES string of the molecule is CN(C)p1oc2c(-c3cccnc3)cc3c(c2c2c4c(cc(-c5cccnc5)c2o1)CCCC4)CCCC3. The molecule has 2 aromatic carbocycles. The smallest absolute Gasteiger partial charge is 0.309 e. The van der Waals surface area contributed by atoms with Crippen LogP contribution in [0.1, 0.15) is 47.9 Å². The highest BCUT2D eigenvalue weighted by Crippen LogP contribution is 2.48. The third-order valence-corrected chi connectivity index (χ3v) is 9.40. The Kier molecular flexibility index (Phi) is 6.06. The van der Waals surface area contributed by atoms with Gasteiger partial charge in [-0.15, -0.1) is 0 Å². The fourth-order valence-corrected chi connectivity index (χ4v) is 7.36. The first-order valence-corrected chi connectivity index (χ1v) is 14.8. The van der Waals surface area contributed by atoms with Gasteiger partial charge in [0, 0.05) is 71.9 Å². The van der Waals surface area contributed by atoms with Gasteiger partial charge in [-0.3, -0.25) is 9.97 Å². The van der Waals surface area contributed by atoms with E-state index in [1.807, 2.05) is 51.0 Å². The van der Waals surface area contributed by atoms with Crippen molar-refractivity contribution in [2.75, 3.05) is 18.8 Å². The molecular weight excluding hydrogens is 489 g/mol. The molecular formula is C32H32N3O2P. The molecule has 2 aliphatic rings. The van der Waals surface area contributed by atoms with Crippen LogP contribution in [0.3, 0.4) is 0 Å². The number of aromatic nitrogens is 2. The molecule has 192 valence electrons. The zero-order chi connectivity index (χ0) is 25.6. The third kappa shape index (κ3) is 3.97. The van der Waals surface area contributed by atoms with E-state index < -0.39 is 8.16 Å². The number of fused-ring (bicyclic) bond motifs is 7. The number of aryl methyl sites for hydroxylation is 4. The van der Waals surface area contributed by atoms with Gasteiger partial charge in [0.25, 0.3) is 0 Å². The van der Waals surface area contributed by atoms with Crippen molar-refractivity contribution in [1.82, 2.24) is 9.97 Å². The Hall–Kier alpha value is -3.40. The van der Waals surface area contributed by atoms with E-state index in [0.717, 1.165) is 59.1 Å². The van der Waals surface area contributed by atoms with Crippen LogP contribution in [0.25, 0.3) is 44.2 Å². The largest absolute Gasteiger partial charge is 0.407 e. The highest BCUT2D eigenvalue weighted by molar-refractivity contribution is 7.38. The fraction of sp³-hybridized carbons (Fsp3) is 0.312. The van der Waals surface area contributed by atoms with Crippen molar-refractivity contribution >= 4 is 30.1 Å². The summed E-state index contributed by atoms with van der Waals surface area (Å²) in [5.41, 5.74) is 12.1. The Morgan fingerprint density at radius 3 is 1.58 bits per heavy atom. The van der Waals surface area contributed by atoms with Crippen molar-refractivity contribution < 1.29 is 8.39 Å². The van der Waals surface area contributed by atoms with Gasteiger partial charge < -0.3 is 8.39 Å². The molecule has 0 fully saturated rings. The second-order valence-corrected chi connectivity index (χ2v) is 12.3. The molecule has 38 heavy (non-hydrogen) atoms. The van der Waals surface area contributed by atoms with E-state index in [2.05, 4.69) is 38.9 Å². The quantitative estimate of drug-likeness (QED) is 0.239. The lowest BCUT2D eigenvalue weighted by molar-refractivity contribution is 0.633. The minimum atomic E-state index is -1.38. The monoisotopic (exact) mass is 521 g/mol. The molecule has 0 unspecified atom stereocenters. The van der Waals surface area contributed by atoms with E-state index in [4.69, 9.17) is 8.39 Å². The summed E-state index contributed by atoms with van der Waals surface area (Å²) in [6.07, 6.45) is 16.8. The molecule has 6 heteroatoms. The summed E-state index contributed by atoms with van der Waals surface area (Å²) >= 11 is 0. The number of pyridine rings is 2. The van der Waals surface area contributed by atoms with Crippen LogP contribution in [0.2, 0.25) is 0 Å². The fourth-order valence-electron chi connectivity index (χ4n) is 6.30. The van der Waals surface area contributed by atoms with E-state index in [9.17, 15) is 0 Å². The molecule has 7 rings (SSSR count). The van der Waals surface area contributed by atoms with Crippen molar-refractivity contribution in [2.24, 2.45) is 0 Å². The predicted molar refractivity (Wildman–Crippen MR) is 156 cm³/mol. The highest BCUT2D eigenvalue weighted by Gasteiger charge is 2.26. The highest BCUT2D eigenvalue weighted by atomic mass is 31.1. The standard InChI is InChI=1S/C32H32N3O2P/c1-35(2)38-36-31-27(23-11-7-15-33-19-23)17-21-9-3-5-13-25(21)29(31)30-26-14-6-4-10-22(26)18-28(32(30)37-38)24-12-8-16-34-20-24/h7-8,11-12,15-20H,3-6,9-10,13-14H2,1-2H3. The van der Waals surface area contributed by atoms with Crippen LogP contribution in [0.5, 0.6) is 0 Å². The second kappa shape index (κ2) is 9.72. The summed E-state index contributed by atoms with van der Waals surface area (Å²) in [7, 11) is 2.71. The molecule has 0 N–H and O–H groups in total. The maximum absolute atomic E-state index is 6.96. The number of hydrogen-bond acceptors (Lipinski definition) is 5. The van der Waals surface area contributed by atoms with E-state index in [1.54, 1.807) is 0 Å². The van der Waals surface area contributed by atoms with Crippen molar-refractivity contribution in [3.63, 3.8) is 0 Å². The molecule has 0 aliphatic heterocycles. The van der Waals surface area contributed by atoms with Crippen LogP contribution in [0.15, 0.2) is 69.6 Å². The molecule has 0 bridgehead atoms. The number of hydrogen-bond donors (Lipinski definition) is 0. The van der Waals surface area contributed by atoms with E-state index in [1.165, 1.54) is 58.7 Å². The summed E-state index contributed by atoms with van der Waals surface area (Å²) in [5.74, 6) is 0. The van der Waals surface area contributed by atoms with Crippen LogP contribution < -0.4 is 4.67 Å². The van der Waals surface area contributed by atoms with Crippen LogP contribution in [0.4, 0.5) is 0 Å². The van der Waals surface area contributed by atoms with E-state index in [0.29, 0.717) is 0 Å². The molecule has 2 aliphatic carbocycles. The third-order valence-electron chi connectivity index (χ3n) is 8.07. The minimum Gasteiger partial charge on any atom is -0.407 e. The second-order valence-electron chi connectivity index (χ2n) is 10.7. The normalized spacial score (nSPS) is 15.0. The van der Waals surface area contributed by atoms with Gasteiger partial charge in [-0.2, -0.15) is 0 Å². The molecule has 0 saturated heterocycles. The average molecular weight is 522 g/mol. The zero-order valence-corrected chi connectivity index (χ0v) is 22.9. The molecule has 0 atom stereocenters. The maximum Gasteiger partial charge on any atom is 0.309 e. The van der Waals surface area contributed by atoms with Crippen molar-refractivity contribution in [3.8, 4) is 22.3 Å². The van der Waals surface area contributed by atoms with E-state index in [-0.39, 0.29) is 0 Å². The molecule has 3 heterocycles. The topological polar surface area (TPSA) is 55.3 Å². The van der Waals surface area contributed by atoms with Gasteiger partial charge in [-0.05, 0) is 97.9 Å². The lowest BCUT2D eigenvalue weighted by atomic mass is 9.81. The van der Waals surface area contributed by atoms with Gasteiger partial charge in [0.15, 0.2) is 11.2 Å². The summed E-state index contributed by atoms with van der Waals surface area (Å²) in [4.78, 5) is 8.94. The van der Waals surface area contributed by atoms with E-state index >= 15 is 0 Å². The lowest BCUT2D eigenvalue weighted by Crippen LogP contribution is -2.07.